The van der Waals surface area contributed by atoms with Gasteiger partial charge < -0.3 is 30.3 Å². The molecule has 0 atom stereocenters. The predicted molar refractivity (Wildman–Crippen MR) is 180 cm³/mol. The van der Waals surface area contributed by atoms with Crippen LogP contribution < -0.4 is 30.7 Å². The molecule has 0 radical (unpaired) electrons. The van der Waals surface area contributed by atoms with Crippen LogP contribution >= 0.6 is 0 Å². The Balaban J connectivity index is 1.58. The van der Waals surface area contributed by atoms with Gasteiger partial charge in [0.25, 0.3) is 0 Å². The van der Waals surface area contributed by atoms with Crippen molar-refractivity contribution in [3.63, 3.8) is 0 Å². The van der Waals surface area contributed by atoms with E-state index < -0.39 is 49.3 Å². The number of rotatable bonds is 15. The lowest BCUT2D eigenvalue weighted by Crippen LogP contribution is -2.50. The molecular formula is C36H37N5O6. The third kappa shape index (κ3) is 9.32. The van der Waals surface area contributed by atoms with Crippen molar-refractivity contribution in [2.75, 3.05) is 51.8 Å². The molecule has 0 aliphatic carbocycles. The van der Waals surface area contributed by atoms with Gasteiger partial charge in [-0.1, -0.05) is 60.5 Å². The van der Waals surface area contributed by atoms with Crippen molar-refractivity contribution in [1.82, 2.24) is 15.5 Å². The van der Waals surface area contributed by atoms with Crippen LogP contribution in [0.3, 0.4) is 0 Å². The van der Waals surface area contributed by atoms with Crippen molar-refractivity contribution in [2.45, 2.75) is 6.04 Å². The summed E-state index contributed by atoms with van der Waals surface area (Å²) in [5, 5.41) is 7.64. The third-order valence-corrected chi connectivity index (χ3v) is 7.38. The summed E-state index contributed by atoms with van der Waals surface area (Å²) < 4.78 is 10.6. The summed E-state index contributed by atoms with van der Waals surface area (Å²) in [4.78, 5) is 55.0. The molecule has 0 heterocycles. The Morgan fingerprint density at radius 1 is 0.787 bits per heavy atom. The fraction of sp³-hybridized carbons (Fsp3) is 0.222. The quantitative estimate of drug-likeness (QED) is 0.135. The van der Waals surface area contributed by atoms with E-state index in [0.29, 0.717) is 17.2 Å². The van der Waals surface area contributed by atoms with Crippen molar-refractivity contribution >= 4 is 40.1 Å². The fourth-order valence-electron chi connectivity index (χ4n) is 4.99. The number of terminal acetylenes is 1. The number of carbonyl (C=O) groups is 4. The van der Waals surface area contributed by atoms with Gasteiger partial charge in [0, 0.05) is 5.69 Å². The molecule has 0 saturated carbocycles. The Hall–Kier alpha value is -5.86. The normalized spacial score (nSPS) is 10.6. The SMILES string of the molecule is C#CCNCC(=O)N(CC(=O)N(CC(N)=O)CC(=O)NC(c1ccc(OC)cc1)c1ccc(OC)cc1)c1ccc2ccccc2c1. The molecule has 0 fully saturated rings. The first kappa shape index (κ1) is 34.0. The van der Waals surface area contributed by atoms with Gasteiger partial charge in [0.2, 0.25) is 23.6 Å². The van der Waals surface area contributed by atoms with E-state index in [0.717, 1.165) is 26.8 Å². The summed E-state index contributed by atoms with van der Waals surface area (Å²) in [5.74, 6) is 1.27. The van der Waals surface area contributed by atoms with Crippen LogP contribution in [0.2, 0.25) is 0 Å². The third-order valence-electron chi connectivity index (χ3n) is 7.38. The standard InChI is InChI=1S/C36H37N5O6/c1-4-19-38-21-34(44)41(29-14-9-25-7-5-6-8-28(25)20-29)24-35(45)40(22-32(37)42)23-33(43)39-36(26-10-15-30(46-2)16-11-26)27-12-17-31(47-3)18-13-27/h1,5-18,20,36,38H,19,21-24H2,2-3H3,(H2,37,42)(H,39,43). The number of hydrogen-bond donors (Lipinski definition) is 3. The van der Waals surface area contributed by atoms with E-state index in [1.165, 1.54) is 4.90 Å². The van der Waals surface area contributed by atoms with E-state index in [9.17, 15) is 19.2 Å². The zero-order valence-corrected chi connectivity index (χ0v) is 26.3. The highest BCUT2D eigenvalue weighted by Gasteiger charge is 2.27. The molecule has 0 aliphatic rings. The maximum absolute atomic E-state index is 13.7. The number of carbonyl (C=O) groups excluding carboxylic acids is 4. The number of fused-ring (bicyclic) bond motifs is 1. The van der Waals surface area contributed by atoms with Gasteiger partial charge in [0.1, 0.15) is 24.6 Å². The summed E-state index contributed by atoms with van der Waals surface area (Å²) >= 11 is 0. The largest absolute Gasteiger partial charge is 0.497 e. The van der Waals surface area contributed by atoms with Crippen molar-refractivity contribution in [1.29, 1.82) is 0 Å². The van der Waals surface area contributed by atoms with E-state index >= 15 is 0 Å². The molecule has 4 aromatic rings. The first-order valence-electron chi connectivity index (χ1n) is 14.8. The maximum atomic E-state index is 13.7. The number of hydrogen-bond acceptors (Lipinski definition) is 7. The summed E-state index contributed by atoms with van der Waals surface area (Å²) in [6.07, 6.45) is 5.32. The molecule has 0 aliphatic heterocycles. The molecule has 0 spiro atoms. The number of ether oxygens (including phenoxy) is 2. The van der Waals surface area contributed by atoms with Crippen LogP contribution in [0.25, 0.3) is 10.8 Å². The predicted octanol–water partition coefficient (Wildman–Crippen LogP) is 2.63. The first-order chi connectivity index (χ1) is 22.7. The highest BCUT2D eigenvalue weighted by molar-refractivity contribution is 6.02. The van der Waals surface area contributed by atoms with Gasteiger partial charge in [-0.2, -0.15) is 0 Å². The molecule has 0 saturated heterocycles. The van der Waals surface area contributed by atoms with Crippen LogP contribution in [0.4, 0.5) is 5.69 Å². The molecule has 4 rings (SSSR count). The minimum Gasteiger partial charge on any atom is -0.497 e. The van der Waals surface area contributed by atoms with E-state index in [2.05, 4.69) is 16.6 Å². The van der Waals surface area contributed by atoms with Gasteiger partial charge in [-0.3, -0.25) is 24.5 Å². The summed E-state index contributed by atoms with van der Waals surface area (Å²) in [7, 11) is 3.12. The number of nitrogens with two attached hydrogens (primary N) is 1. The van der Waals surface area contributed by atoms with Gasteiger partial charge in [0.15, 0.2) is 0 Å². The van der Waals surface area contributed by atoms with E-state index in [1.807, 2.05) is 54.6 Å². The number of nitrogens with one attached hydrogen (secondary N) is 2. The van der Waals surface area contributed by atoms with Gasteiger partial charge in [-0.15, -0.1) is 6.42 Å². The van der Waals surface area contributed by atoms with Crippen LogP contribution in [0, 0.1) is 12.3 Å². The Morgan fingerprint density at radius 2 is 1.38 bits per heavy atom. The van der Waals surface area contributed by atoms with Crippen LogP contribution in [0.5, 0.6) is 11.5 Å². The molecule has 47 heavy (non-hydrogen) atoms. The zero-order chi connectivity index (χ0) is 33.8. The Bertz CT molecular complexity index is 1700. The lowest BCUT2D eigenvalue weighted by Gasteiger charge is -2.28. The van der Waals surface area contributed by atoms with Crippen molar-refractivity contribution in [3.8, 4) is 23.8 Å². The van der Waals surface area contributed by atoms with Crippen molar-refractivity contribution in [3.05, 3.63) is 102 Å². The van der Waals surface area contributed by atoms with Gasteiger partial charge in [-0.05, 0) is 58.3 Å². The molecule has 11 heteroatoms. The maximum Gasteiger partial charge on any atom is 0.243 e. The topological polar surface area (TPSA) is 143 Å². The Morgan fingerprint density at radius 3 is 1.94 bits per heavy atom. The number of benzene rings is 4. The molecule has 0 unspecified atom stereocenters. The lowest BCUT2D eigenvalue weighted by molar-refractivity contribution is -0.138. The Labute approximate surface area is 273 Å². The molecule has 4 aromatic carbocycles. The summed E-state index contributed by atoms with van der Waals surface area (Å²) in [6, 6.07) is 26.7. The zero-order valence-electron chi connectivity index (χ0n) is 26.3. The first-order valence-corrected chi connectivity index (χ1v) is 14.8. The van der Waals surface area contributed by atoms with Crippen molar-refractivity contribution < 1.29 is 28.7 Å². The van der Waals surface area contributed by atoms with Gasteiger partial charge in [0.05, 0.1) is 39.9 Å². The fourth-order valence-corrected chi connectivity index (χ4v) is 4.99. The summed E-state index contributed by atoms with van der Waals surface area (Å²) in [5.41, 5.74) is 7.47. The van der Waals surface area contributed by atoms with Crippen LogP contribution in [0.15, 0.2) is 91.0 Å². The van der Waals surface area contributed by atoms with E-state index in [1.54, 1.807) is 50.6 Å². The molecule has 11 nitrogen and oxygen atoms in total. The number of nitrogens with zero attached hydrogens (tertiary/aromatic N) is 2. The monoisotopic (exact) mass is 635 g/mol. The average molecular weight is 636 g/mol. The second-order valence-electron chi connectivity index (χ2n) is 10.6. The number of anilines is 1. The molecule has 4 N–H and O–H groups in total. The highest BCUT2D eigenvalue weighted by atomic mass is 16.5. The molecular weight excluding hydrogens is 598 g/mol. The van der Waals surface area contributed by atoms with Crippen LogP contribution in [-0.2, 0) is 19.2 Å². The van der Waals surface area contributed by atoms with E-state index in [4.69, 9.17) is 21.6 Å². The lowest BCUT2D eigenvalue weighted by atomic mass is 9.98. The number of amides is 4. The smallest absolute Gasteiger partial charge is 0.243 e. The average Bonchev–Trinajstić information content (AvgIpc) is 3.09. The van der Waals surface area contributed by atoms with Crippen LogP contribution in [-0.4, -0.2) is 75.5 Å². The molecule has 0 aromatic heterocycles. The highest BCUT2D eigenvalue weighted by Crippen LogP contribution is 2.26. The van der Waals surface area contributed by atoms with Gasteiger partial charge >= 0.3 is 0 Å². The number of methoxy groups -OCH3 is 2. The molecule has 4 amide bonds. The molecule has 242 valence electrons. The minimum atomic E-state index is -0.813. The molecule has 0 bridgehead atoms. The van der Waals surface area contributed by atoms with Gasteiger partial charge in [-0.25, -0.2) is 0 Å². The summed E-state index contributed by atoms with van der Waals surface area (Å²) in [6.45, 7) is -1.44. The van der Waals surface area contributed by atoms with E-state index in [-0.39, 0.29) is 13.1 Å². The second-order valence-corrected chi connectivity index (χ2v) is 10.6. The second kappa shape index (κ2) is 16.5. The Kier molecular flexibility index (Phi) is 11.9. The minimum absolute atomic E-state index is 0.133. The van der Waals surface area contributed by atoms with Crippen molar-refractivity contribution in [2.24, 2.45) is 5.73 Å². The number of primary amides is 1. The van der Waals surface area contributed by atoms with Crippen LogP contribution in [0.1, 0.15) is 17.2 Å².